The second-order valence-corrected chi connectivity index (χ2v) is 4.18. The summed E-state index contributed by atoms with van der Waals surface area (Å²) >= 11 is 0. The van der Waals surface area contributed by atoms with E-state index in [0.717, 1.165) is 6.07 Å². The predicted octanol–water partition coefficient (Wildman–Crippen LogP) is 1.57. The van der Waals surface area contributed by atoms with Gasteiger partial charge in [0.05, 0.1) is 17.1 Å². The van der Waals surface area contributed by atoms with Crippen molar-refractivity contribution in [2.45, 2.75) is 0 Å². The smallest absolute Gasteiger partial charge is 0.164 e. The number of allylic oxidation sites excluding steroid dienone is 2. The molecule has 0 aliphatic carbocycles. The fourth-order valence-electron chi connectivity index (χ4n) is 1.57. The minimum Gasteiger partial charge on any atom is -0.396 e. The van der Waals surface area contributed by atoms with Crippen LogP contribution in [0.1, 0.15) is 5.56 Å². The molecule has 1 aromatic carbocycles. The maximum atomic E-state index is 13.6. The van der Waals surface area contributed by atoms with E-state index in [0.29, 0.717) is 17.9 Å². The highest BCUT2D eigenvalue weighted by atomic mass is 19.1. The van der Waals surface area contributed by atoms with Crippen molar-refractivity contribution in [1.82, 2.24) is 4.90 Å². The van der Waals surface area contributed by atoms with Gasteiger partial charge in [0.1, 0.15) is 5.82 Å². The molecule has 0 saturated heterocycles. The van der Waals surface area contributed by atoms with Crippen molar-refractivity contribution in [1.29, 1.82) is 0 Å². The van der Waals surface area contributed by atoms with Crippen LogP contribution >= 0.6 is 0 Å². The van der Waals surface area contributed by atoms with Gasteiger partial charge in [-0.15, -0.1) is 0 Å². The summed E-state index contributed by atoms with van der Waals surface area (Å²) in [4.78, 5) is 1.83. The molecule has 0 fully saturated rings. The van der Waals surface area contributed by atoms with E-state index in [-0.39, 0.29) is 11.3 Å². The Labute approximate surface area is 110 Å². The Hall–Kier alpha value is -2.48. The van der Waals surface area contributed by atoms with E-state index >= 15 is 0 Å². The number of likely N-dealkylation sites (N-methyl/N-ethyl adjacent to an activating group) is 1. The molecule has 0 bridgehead atoms. The molecule has 98 valence electrons. The van der Waals surface area contributed by atoms with E-state index in [1.807, 2.05) is 18.0 Å². The molecule has 2 rings (SSSR count). The zero-order chi connectivity index (χ0) is 14.0. The molecule has 4 N–H and O–H groups in total. The summed E-state index contributed by atoms with van der Waals surface area (Å²) in [5, 5.41) is 0. The topological polar surface area (TPSA) is 55.3 Å². The van der Waals surface area contributed by atoms with E-state index < -0.39 is 11.6 Å². The zero-order valence-corrected chi connectivity index (χ0v) is 10.4. The summed E-state index contributed by atoms with van der Waals surface area (Å²) in [6, 6.07) is 2.26. The molecule has 3 nitrogen and oxygen atoms in total. The largest absolute Gasteiger partial charge is 0.396 e. The first kappa shape index (κ1) is 13.0. The molecular formula is C14H13F2N3. The third-order valence-corrected chi connectivity index (χ3v) is 2.78. The van der Waals surface area contributed by atoms with E-state index in [9.17, 15) is 8.78 Å². The maximum absolute atomic E-state index is 13.6. The molecule has 0 spiro atoms. The van der Waals surface area contributed by atoms with Crippen LogP contribution in [0.5, 0.6) is 0 Å². The summed E-state index contributed by atoms with van der Waals surface area (Å²) in [7, 11) is 1.84. The lowest BCUT2D eigenvalue weighted by Gasteiger charge is -2.20. The molecule has 0 radical (unpaired) electrons. The molecule has 0 aromatic heterocycles. The molecule has 0 saturated carbocycles. The average molecular weight is 261 g/mol. The Morgan fingerprint density at radius 2 is 1.95 bits per heavy atom. The van der Waals surface area contributed by atoms with Crippen LogP contribution in [0, 0.1) is 23.5 Å². The van der Waals surface area contributed by atoms with Gasteiger partial charge in [-0.05, 0) is 24.3 Å². The summed E-state index contributed by atoms with van der Waals surface area (Å²) < 4.78 is 27.1. The van der Waals surface area contributed by atoms with E-state index in [1.54, 1.807) is 6.08 Å². The second-order valence-electron chi connectivity index (χ2n) is 4.18. The van der Waals surface area contributed by atoms with Gasteiger partial charge in [0.25, 0.3) is 0 Å². The lowest BCUT2D eigenvalue weighted by atomic mass is 10.1. The first-order valence-electron chi connectivity index (χ1n) is 5.63. The maximum Gasteiger partial charge on any atom is 0.164 e. The summed E-state index contributed by atoms with van der Waals surface area (Å²) in [5.41, 5.74) is 11.3. The Morgan fingerprint density at radius 3 is 2.63 bits per heavy atom. The molecule has 1 aliphatic heterocycles. The third kappa shape index (κ3) is 2.68. The highest BCUT2D eigenvalue weighted by Crippen LogP contribution is 2.18. The van der Waals surface area contributed by atoms with Gasteiger partial charge < -0.3 is 16.4 Å². The number of anilines is 1. The fourth-order valence-corrected chi connectivity index (χ4v) is 1.57. The fraction of sp³-hybridized carbons (Fsp3) is 0.143. The van der Waals surface area contributed by atoms with Crippen molar-refractivity contribution in [2.75, 3.05) is 19.3 Å². The number of rotatable bonds is 0. The van der Waals surface area contributed by atoms with Crippen LogP contribution in [0.25, 0.3) is 0 Å². The van der Waals surface area contributed by atoms with Crippen molar-refractivity contribution in [3.63, 3.8) is 0 Å². The minimum absolute atomic E-state index is 0.127. The SMILES string of the molecule is CN1CC=C(C#Cc2c(F)ccc(N)c2F)C=C1N. The highest BCUT2D eigenvalue weighted by Gasteiger charge is 2.10. The Bertz CT molecular complexity index is 636. The van der Waals surface area contributed by atoms with Crippen LogP contribution in [0.15, 0.2) is 35.7 Å². The number of nitrogen functional groups attached to an aromatic ring is 1. The zero-order valence-electron chi connectivity index (χ0n) is 10.4. The second kappa shape index (κ2) is 5.02. The Morgan fingerprint density at radius 1 is 1.21 bits per heavy atom. The quantitative estimate of drug-likeness (QED) is 0.550. The molecule has 0 unspecified atom stereocenters. The number of nitrogens with two attached hydrogens (primary N) is 2. The van der Waals surface area contributed by atoms with Gasteiger partial charge in [0.15, 0.2) is 5.82 Å². The summed E-state index contributed by atoms with van der Waals surface area (Å²) in [5.74, 6) is 4.14. The van der Waals surface area contributed by atoms with Crippen LogP contribution in [0.3, 0.4) is 0 Å². The Kier molecular flexibility index (Phi) is 3.43. The van der Waals surface area contributed by atoms with E-state index in [2.05, 4.69) is 11.8 Å². The number of hydrogen-bond acceptors (Lipinski definition) is 3. The monoisotopic (exact) mass is 261 g/mol. The molecule has 19 heavy (non-hydrogen) atoms. The molecular weight excluding hydrogens is 248 g/mol. The van der Waals surface area contributed by atoms with Crippen LogP contribution < -0.4 is 11.5 Å². The van der Waals surface area contributed by atoms with Crippen LogP contribution in [0.2, 0.25) is 0 Å². The van der Waals surface area contributed by atoms with Crippen molar-refractivity contribution in [3.05, 3.63) is 52.9 Å². The van der Waals surface area contributed by atoms with Gasteiger partial charge >= 0.3 is 0 Å². The van der Waals surface area contributed by atoms with Gasteiger partial charge in [0.2, 0.25) is 0 Å². The van der Waals surface area contributed by atoms with Crippen LogP contribution in [0.4, 0.5) is 14.5 Å². The van der Waals surface area contributed by atoms with E-state index in [1.165, 1.54) is 6.07 Å². The molecule has 0 atom stereocenters. The van der Waals surface area contributed by atoms with E-state index in [4.69, 9.17) is 11.5 Å². The third-order valence-electron chi connectivity index (χ3n) is 2.78. The molecule has 5 heteroatoms. The summed E-state index contributed by atoms with van der Waals surface area (Å²) in [6.07, 6.45) is 3.48. The summed E-state index contributed by atoms with van der Waals surface area (Å²) in [6.45, 7) is 0.605. The van der Waals surface area contributed by atoms with Crippen LogP contribution in [-0.4, -0.2) is 18.5 Å². The standard InChI is InChI=1S/C14H13F2N3/c1-19-7-6-9(8-13(19)18)2-3-10-11(15)4-5-12(17)14(10)16/h4-6,8H,7,17-18H2,1H3. The molecule has 0 amide bonds. The molecule has 1 aliphatic rings. The van der Waals surface area contributed by atoms with Crippen molar-refractivity contribution in [2.24, 2.45) is 5.73 Å². The van der Waals surface area contributed by atoms with Gasteiger partial charge in [-0.2, -0.15) is 0 Å². The lowest BCUT2D eigenvalue weighted by molar-refractivity contribution is 0.452. The van der Waals surface area contributed by atoms with Gasteiger partial charge in [-0.1, -0.05) is 11.8 Å². The normalized spacial score (nSPS) is 14.4. The molecule has 1 heterocycles. The Balaban J connectivity index is 2.34. The van der Waals surface area contributed by atoms with Crippen molar-refractivity contribution in [3.8, 4) is 11.8 Å². The number of nitrogens with zero attached hydrogens (tertiary/aromatic N) is 1. The van der Waals surface area contributed by atoms with Gasteiger partial charge in [-0.3, -0.25) is 0 Å². The first-order valence-corrected chi connectivity index (χ1v) is 5.63. The van der Waals surface area contributed by atoms with Gasteiger partial charge in [0, 0.05) is 19.2 Å². The van der Waals surface area contributed by atoms with Crippen LogP contribution in [-0.2, 0) is 0 Å². The number of halogens is 2. The first-order chi connectivity index (χ1) is 8.99. The highest BCUT2D eigenvalue weighted by molar-refractivity contribution is 5.53. The predicted molar refractivity (Wildman–Crippen MR) is 70.6 cm³/mol. The number of benzene rings is 1. The lowest BCUT2D eigenvalue weighted by Crippen LogP contribution is -2.26. The van der Waals surface area contributed by atoms with Gasteiger partial charge in [-0.25, -0.2) is 8.78 Å². The minimum atomic E-state index is -0.835. The molecule has 1 aromatic rings. The number of hydrogen-bond donors (Lipinski definition) is 2. The van der Waals surface area contributed by atoms with Crippen molar-refractivity contribution < 1.29 is 8.78 Å². The average Bonchev–Trinajstić information content (AvgIpc) is 2.38. The van der Waals surface area contributed by atoms with Crippen molar-refractivity contribution >= 4 is 5.69 Å².